The van der Waals surface area contributed by atoms with Gasteiger partial charge in [0.2, 0.25) is 0 Å². The summed E-state index contributed by atoms with van der Waals surface area (Å²) in [6.07, 6.45) is 3.25. The predicted molar refractivity (Wildman–Crippen MR) is 97.5 cm³/mol. The summed E-state index contributed by atoms with van der Waals surface area (Å²) in [5.41, 5.74) is 0. The van der Waals surface area contributed by atoms with Gasteiger partial charge in [-0.2, -0.15) is 0 Å². The number of hydrogen-bond donors (Lipinski definition) is 0. The highest BCUT2D eigenvalue weighted by Gasteiger charge is 2.36. The maximum atomic E-state index is 14.2. The fourth-order valence-corrected chi connectivity index (χ4v) is 4.48. The summed E-state index contributed by atoms with van der Waals surface area (Å²) in [4.78, 5) is 5.02. The molecule has 0 aromatic rings. The first-order valence-electron chi connectivity index (χ1n) is 9.91. The molecule has 0 aromatic carbocycles. The Hall–Kier alpha value is -0.150. The van der Waals surface area contributed by atoms with Crippen molar-refractivity contribution >= 4 is 0 Å². The summed E-state index contributed by atoms with van der Waals surface area (Å²) >= 11 is 0. The van der Waals surface area contributed by atoms with Crippen LogP contribution in [-0.4, -0.2) is 54.2 Å². The molecule has 0 aliphatic carbocycles. The molecule has 0 saturated carbocycles. The number of halogens is 1. The van der Waals surface area contributed by atoms with Crippen molar-refractivity contribution in [3.8, 4) is 0 Å². The average Bonchev–Trinajstić information content (AvgIpc) is 3.11. The molecule has 5 unspecified atom stereocenters. The first-order chi connectivity index (χ1) is 10.8. The minimum Gasteiger partial charge on any atom is -0.301 e. The lowest BCUT2D eigenvalue weighted by Gasteiger charge is -2.27. The number of likely N-dealkylation sites (tertiary alicyclic amines) is 2. The van der Waals surface area contributed by atoms with E-state index in [2.05, 4.69) is 51.3 Å². The summed E-state index contributed by atoms with van der Waals surface area (Å²) in [5.74, 6) is 2.36. The molecule has 0 radical (unpaired) electrons. The van der Waals surface area contributed by atoms with E-state index < -0.39 is 6.17 Å². The van der Waals surface area contributed by atoms with Gasteiger partial charge in [-0.15, -0.1) is 0 Å². The third-order valence-corrected chi connectivity index (χ3v) is 6.63. The highest BCUT2D eigenvalue weighted by atomic mass is 19.1. The zero-order chi connectivity index (χ0) is 17.1. The average molecular weight is 327 g/mol. The van der Waals surface area contributed by atoms with Gasteiger partial charge >= 0.3 is 0 Å². The second-order valence-electron chi connectivity index (χ2n) is 8.92. The van der Waals surface area contributed by atoms with Crippen molar-refractivity contribution in [3.63, 3.8) is 0 Å². The van der Waals surface area contributed by atoms with Crippen LogP contribution in [0.15, 0.2) is 0 Å². The fraction of sp³-hybridized carbons (Fsp3) is 1.00. The van der Waals surface area contributed by atoms with Crippen LogP contribution in [0.4, 0.5) is 4.39 Å². The smallest absolute Gasteiger partial charge is 0.117 e. The van der Waals surface area contributed by atoms with Crippen molar-refractivity contribution in [1.82, 2.24) is 9.80 Å². The van der Waals surface area contributed by atoms with Gasteiger partial charge < -0.3 is 4.90 Å². The molecule has 0 bridgehead atoms. The quantitative estimate of drug-likeness (QED) is 0.682. The molecule has 136 valence electrons. The first kappa shape index (κ1) is 19.2. The third kappa shape index (κ3) is 4.92. The van der Waals surface area contributed by atoms with Crippen LogP contribution in [0.25, 0.3) is 0 Å². The molecule has 0 amide bonds. The van der Waals surface area contributed by atoms with Crippen LogP contribution in [0.3, 0.4) is 0 Å². The maximum absolute atomic E-state index is 14.2. The summed E-state index contributed by atoms with van der Waals surface area (Å²) in [6.45, 7) is 17.8. The van der Waals surface area contributed by atoms with Crippen LogP contribution < -0.4 is 0 Å². The van der Waals surface area contributed by atoms with Crippen LogP contribution in [0.5, 0.6) is 0 Å². The van der Waals surface area contributed by atoms with Crippen molar-refractivity contribution in [2.45, 2.75) is 79.1 Å². The molecular formula is C20H39FN2. The summed E-state index contributed by atoms with van der Waals surface area (Å²) in [5, 5.41) is 0. The predicted octanol–water partition coefficient (Wildman–Crippen LogP) is 4.45. The van der Waals surface area contributed by atoms with Gasteiger partial charge in [-0.25, -0.2) is 4.39 Å². The molecule has 2 fully saturated rings. The lowest BCUT2D eigenvalue weighted by Crippen LogP contribution is -2.32. The van der Waals surface area contributed by atoms with Crippen molar-refractivity contribution in [2.75, 3.05) is 26.2 Å². The zero-order valence-corrected chi connectivity index (χ0v) is 16.3. The van der Waals surface area contributed by atoms with E-state index >= 15 is 0 Å². The van der Waals surface area contributed by atoms with Gasteiger partial charge in [0.15, 0.2) is 0 Å². The Kier molecular flexibility index (Phi) is 6.91. The van der Waals surface area contributed by atoms with E-state index in [0.29, 0.717) is 24.5 Å². The SMILES string of the molecule is CC(C)C1CN(C(C)CCC(C)C2CCN(C(C)C)C2)CC1F. The summed E-state index contributed by atoms with van der Waals surface area (Å²) in [6, 6.07) is 1.22. The largest absolute Gasteiger partial charge is 0.301 e. The van der Waals surface area contributed by atoms with E-state index in [-0.39, 0.29) is 5.92 Å². The Balaban J connectivity index is 1.73. The molecule has 0 spiro atoms. The monoisotopic (exact) mass is 326 g/mol. The Morgan fingerprint density at radius 2 is 1.61 bits per heavy atom. The van der Waals surface area contributed by atoms with Crippen molar-refractivity contribution < 1.29 is 4.39 Å². The molecule has 2 aliphatic rings. The van der Waals surface area contributed by atoms with Gasteiger partial charge in [0.1, 0.15) is 6.17 Å². The van der Waals surface area contributed by atoms with Gasteiger partial charge in [0.25, 0.3) is 0 Å². The van der Waals surface area contributed by atoms with Crippen molar-refractivity contribution in [1.29, 1.82) is 0 Å². The van der Waals surface area contributed by atoms with E-state index in [0.717, 1.165) is 18.4 Å². The molecule has 2 saturated heterocycles. The van der Waals surface area contributed by atoms with E-state index in [1.807, 2.05) is 0 Å². The van der Waals surface area contributed by atoms with Gasteiger partial charge in [0, 0.05) is 37.6 Å². The molecular weight excluding hydrogens is 287 g/mol. The van der Waals surface area contributed by atoms with Gasteiger partial charge in [-0.3, -0.25) is 4.90 Å². The number of rotatable bonds is 7. The van der Waals surface area contributed by atoms with Crippen LogP contribution in [0.1, 0.15) is 60.8 Å². The van der Waals surface area contributed by atoms with Crippen LogP contribution in [-0.2, 0) is 0 Å². The molecule has 3 heteroatoms. The molecule has 2 nitrogen and oxygen atoms in total. The molecule has 2 aliphatic heterocycles. The van der Waals surface area contributed by atoms with E-state index in [1.165, 1.54) is 32.4 Å². The molecule has 2 heterocycles. The first-order valence-corrected chi connectivity index (χ1v) is 9.91. The second kappa shape index (κ2) is 8.29. The molecule has 0 N–H and O–H groups in total. The number of hydrogen-bond acceptors (Lipinski definition) is 2. The summed E-state index contributed by atoms with van der Waals surface area (Å²) in [7, 11) is 0. The highest BCUT2D eigenvalue weighted by Crippen LogP contribution is 2.32. The molecule has 2 rings (SSSR count). The molecule has 23 heavy (non-hydrogen) atoms. The minimum atomic E-state index is -0.621. The Morgan fingerprint density at radius 3 is 2.13 bits per heavy atom. The van der Waals surface area contributed by atoms with Gasteiger partial charge in [0.05, 0.1) is 0 Å². The molecule has 5 atom stereocenters. The topological polar surface area (TPSA) is 6.48 Å². The van der Waals surface area contributed by atoms with Crippen molar-refractivity contribution in [3.05, 3.63) is 0 Å². The highest BCUT2D eigenvalue weighted by molar-refractivity contribution is 4.89. The van der Waals surface area contributed by atoms with Gasteiger partial charge in [-0.1, -0.05) is 20.8 Å². The number of nitrogens with zero attached hydrogens (tertiary/aromatic N) is 2. The van der Waals surface area contributed by atoms with Crippen LogP contribution in [0, 0.1) is 23.7 Å². The van der Waals surface area contributed by atoms with E-state index in [9.17, 15) is 4.39 Å². The number of alkyl halides is 1. The second-order valence-corrected chi connectivity index (χ2v) is 8.92. The maximum Gasteiger partial charge on any atom is 0.117 e. The standard InChI is InChI=1S/C20H39FN2/c1-14(2)19-12-23(13-20(19)21)17(6)8-7-16(5)18-9-10-22(11-18)15(3)4/h14-20H,7-13H2,1-6H3. The lowest BCUT2D eigenvalue weighted by atomic mass is 9.88. The van der Waals surface area contributed by atoms with E-state index in [4.69, 9.17) is 0 Å². The fourth-order valence-electron chi connectivity index (χ4n) is 4.48. The Bertz CT molecular complexity index is 358. The summed E-state index contributed by atoms with van der Waals surface area (Å²) < 4.78 is 14.2. The Morgan fingerprint density at radius 1 is 0.913 bits per heavy atom. The van der Waals surface area contributed by atoms with Crippen LogP contribution >= 0.6 is 0 Å². The minimum absolute atomic E-state index is 0.240. The van der Waals surface area contributed by atoms with Gasteiger partial charge in [-0.05, 0) is 64.3 Å². The lowest BCUT2D eigenvalue weighted by molar-refractivity contribution is 0.201. The molecule has 0 aromatic heterocycles. The van der Waals surface area contributed by atoms with Crippen LogP contribution in [0.2, 0.25) is 0 Å². The zero-order valence-electron chi connectivity index (χ0n) is 16.3. The Labute approximate surface area is 143 Å². The third-order valence-electron chi connectivity index (χ3n) is 6.63. The van der Waals surface area contributed by atoms with Crippen molar-refractivity contribution in [2.24, 2.45) is 23.7 Å². The normalized spacial score (nSPS) is 33.0. The van der Waals surface area contributed by atoms with E-state index in [1.54, 1.807) is 0 Å².